The van der Waals surface area contributed by atoms with Crippen molar-refractivity contribution in [2.75, 3.05) is 6.26 Å². The lowest BCUT2D eigenvalue weighted by atomic mass is 9.93. The lowest BCUT2D eigenvalue weighted by Gasteiger charge is -2.12. The molecule has 31 heavy (non-hydrogen) atoms. The van der Waals surface area contributed by atoms with Crippen molar-refractivity contribution in [1.82, 2.24) is 4.98 Å². The molecule has 0 atom stereocenters. The molecular formula is C27H25NO2S. The van der Waals surface area contributed by atoms with Crippen LogP contribution in [0.3, 0.4) is 0 Å². The fourth-order valence-corrected chi connectivity index (χ4v) is 4.23. The van der Waals surface area contributed by atoms with Gasteiger partial charge < -0.3 is 0 Å². The Morgan fingerprint density at radius 3 is 2.29 bits per heavy atom. The number of fused-ring (bicyclic) bond motifs is 1. The summed E-state index contributed by atoms with van der Waals surface area (Å²) in [6.07, 6.45) is 7.09. The molecule has 0 fully saturated rings. The minimum atomic E-state index is -3.18. The van der Waals surface area contributed by atoms with Crippen LogP contribution in [0, 0.1) is 0 Å². The minimum absolute atomic E-state index is 0.330. The maximum atomic E-state index is 11.6. The zero-order valence-electron chi connectivity index (χ0n) is 17.9. The van der Waals surface area contributed by atoms with Crippen molar-refractivity contribution < 1.29 is 8.42 Å². The highest BCUT2D eigenvalue weighted by Gasteiger charge is 2.10. The molecule has 4 aromatic rings. The first kappa shape index (κ1) is 21.0. The molecule has 156 valence electrons. The van der Waals surface area contributed by atoms with Crippen molar-refractivity contribution >= 4 is 32.9 Å². The van der Waals surface area contributed by atoms with E-state index in [9.17, 15) is 8.42 Å². The van der Waals surface area contributed by atoms with Crippen molar-refractivity contribution in [3.05, 3.63) is 95.7 Å². The predicted octanol–water partition coefficient (Wildman–Crippen LogP) is 6.60. The summed E-state index contributed by atoms with van der Waals surface area (Å²) >= 11 is 0. The Kier molecular flexibility index (Phi) is 5.75. The average Bonchev–Trinajstić information content (AvgIpc) is 2.76. The van der Waals surface area contributed by atoms with Crippen LogP contribution in [0.4, 0.5) is 0 Å². The van der Waals surface area contributed by atoms with Gasteiger partial charge in [0.25, 0.3) is 0 Å². The molecule has 0 saturated carbocycles. The van der Waals surface area contributed by atoms with E-state index < -0.39 is 9.84 Å². The Morgan fingerprint density at radius 1 is 0.839 bits per heavy atom. The first-order valence-corrected chi connectivity index (χ1v) is 12.2. The molecule has 1 heterocycles. The summed E-state index contributed by atoms with van der Waals surface area (Å²) in [5.74, 6) is 0.432. The maximum Gasteiger partial charge on any atom is 0.175 e. The molecule has 0 unspecified atom stereocenters. The first-order chi connectivity index (χ1) is 14.8. The van der Waals surface area contributed by atoms with Crippen molar-refractivity contribution in [2.24, 2.45) is 0 Å². The number of aromatic nitrogens is 1. The van der Waals surface area contributed by atoms with E-state index >= 15 is 0 Å². The van der Waals surface area contributed by atoms with Crippen LogP contribution >= 0.6 is 0 Å². The van der Waals surface area contributed by atoms with Gasteiger partial charge in [0.1, 0.15) is 0 Å². The largest absolute Gasteiger partial charge is 0.256 e. The lowest BCUT2D eigenvalue weighted by Crippen LogP contribution is -1.95. The van der Waals surface area contributed by atoms with Gasteiger partial charge in [-0.2, -0.15) is 0 Å². The smallest absolute Gasteiger partial charge is 0.175 e. The highest BCUT2D eigenvalue weighted by Crippen LogP contribution is 2.32. The van der Waals surface area contributed by atoms with Crippen LogP contribution in [-0.2, 0) is 9.84 Å². The Hall–Kier alpha value is -3.24. The second-order valence-corrected chi connectivity index (χ2v) is 10.1. The van der Waals surface area contributed by atoms with Crippen LogP contribution in [0.1, 0.15) is 36.5 Å². The van der Waals surface area contributed by atoms with Crippen LogP contribution in [-0.4, -0.2) is 19.7 Å². The molecule has 0 aliphatic heterocycles. The zero-order valence-corrected chi connectivity index (χ0v) is 18.7. The summed E-state index contributed by atoms with van der Waals surface area (Å²) < 4.78 is 23.3. The summed E-state index contributed by atoms with van der Waals surface area (Å²) in [7, 11) is -3.18. The second-order valence-electron chi connectivity index (χ2n) is 8.10. The van der Waals surface area contributed by atoms with Crippen LogP contribution < -0.4 is 0 Å². The summed E-state index contributed by atoms with van der Waals surface area (Å²) in [6.45, 7) is 4.41. The molecule has 0 aliphatic rings. The van der Waals surface area contributed by atoms with E-state index in [1.807, 2.05) is 36.5 Å². The average molecular weight is 428 g/mol. The Bertz CT molecular complexity index is 1370. The predicted molar refractivity (Wildman–Crippen MR) is 130 cm³/mol. The third-order valence-corrected chi connectivity index (χ3v) is 6.50. The van der Waals surface area contributed by atoms with E-state index in [1.54, 1.807) is 12.1 Å². The van der Waals surface area contributed by atoms with E-state index in [0.29, 0.717) is 10.8 Å². The first-order valence-electron chi connectivity index (χ1n) is 10.3. The van der Waals surface area contributed by atoms with E-state index in [4.69, 9.17) is 0 Å². The minimum Gasteiger partial charge on any atom is -0.256 e. The number of hydrogen-bond acceptors (Lipinski definition) is 3. The Morgan fingerprint density at radius 2 is 1.58 bits per heavy atom. The number of benzene rings is 3. The van der Waals surface area contributed by atoms with Crippen LogP contribution in [0.25, 0.3) is 34.2 Å². The second kappa shape index (κ2) is 8.48. The summed E-state index contributed by atoms with van der Waals surface area (Å²) in [5, 5.41) is 1.15. The third-order valence-electron chi connectivity index (χ3n) is 5.37. The molecule has 3 aromatic carbocycles. The molecule has 1 aromatic heterocycles. The summed E-state index contributed by atoms with van der Waals surface area (Å²) in [4.78, 5) is 4.97. The number of nitrogens with zero attached hydrogens (tertiary/aromatic N) is 1. The lowest BCUT2D eigenvalue weighted by molar-refractivity contribution is 0.602. The van der Waals surface area contributed by atoms with Gasteiger partial charge in [-0.15, -0.1) is 0 Å². The normalized spacial score (nSPS) is 12.1. The number of hydrogen-bond donors (Lipinski definition) is 0. The topological polar surface area (TPSA) is 47.0 Å². The van der Waals surface area contributed by atoms with Gasteiger partial charge in [0.2, 0.25) is 0 Å². The van der Waals surface area contributed by atoms with Crippen molar-refractivity contribution in [3.63, 3.8) is 0 Å². The number of sulfone groups is 1. The van der Waals surface area contributed by atoms with Gasteiger partial charge in [-0.25, -0.2) is 8.42 Å². The maximum absolute atomic E-state index is 11.6. The van der Waals surface area contributed by atoms with E-state index in [1.165, 1.54) is 11.8 Å². The highest BCUT2D eigenvalue weighted by molar-refractivity contribution is 7.90. The van der Waals surface area contributed by atoms with Gasteiger partial charge in [0.05, 0.1) is 10.4 Å². The van der Waals surface area contributed by atoms with Gasteiger partial charge in [0, 0.05) is 23.4 Å². The van der Waals surface area contributed by atoms with Crippen LogP contribution in [0.2, 0.25) is 0 Å². The third kappa shape index (κ3) is 4.75. The fraction of sp³-hybridized carbons (Fsp3) is 0.148. The Balaban J connectivity index is 1.70. The van der Waals surface area contributed by atoms with Gasteiger partial charge in [-0.05, 0) is 64.6 Å². The van der Waals surface area contributed by atoms with Crippen LogP contribution in [0.15, 0.2) is 83.9 Å². The van der Waals surface area contributed by atoms with Crippen LogP contribution in [0.5, 0.6) is 0 Å². The molecule has 0 saturated heterocycles. The SMILES string of the molecule is CC(C)c1cc(-c2cccc(/C=C/c3ccc(S(C)(=O)=O)cc3)c2)c2ncccc2c1. The quantitative estimate of drug-likeness (QED) is 0.337. The monoisotopic (exact) mass is 427 g/mol. The number of pyridine rings is 1. The summed E-state index contributed by atoms with van der Waals surface area (Å²) in [5.41, 5.74) is 6.58. The van der Waals surface area contributed by atoms with E-state index in [0.717, 1.165) is 33.2 Å². The molecule has 0 N–H and O–H groups in total. The number of rotatable bonds is 5. The highest BCUT2D eigenvalue weighted by atomic mass is 32.2. The van der Waals surface area contributed by atoms with Crippen molar-refractivity contribution in [3.8, 4) is 11.1 Å². The van der Waals surface area contributed by atoms with E-state index in [2.05, 4.69) is 61.3 Å². The fourth-order valence-electron chi connectivity index (χ4n) is 3.60. The van der Waals surface area contributed by atoms with Gasteiger partial charge in [-0.3, -0.25) is 4.98 Å². The van der Waals surface area contributed by atoms with Gasteiger partial charge in [0.15, 0.2) is 9.84 Å². The Labute approximate surface area is 184 Å². The summed E-state index contributed by atoms with van der Waals surface area (Å²) in [6, 6.07) is 23.9. The molecule has 0 bridgehead atoms. The molecule has 0 spiro atoms. The van der Waals surface area contributed by atoms with Crippen molar-refractivity contribution in [2.45, 2.75) is 24.7 Å². The molecule has 0 amide bonds. The molecule has 0 aliphatic carbocycles. The molecule has 0 radical (unpaired) electrons. The van der Waals surface area contributed by atoms with Gasteiger partial charge in [-0.1, -0.05) is 62.4 Å². The van der Waals surface area contributed by atoms with Crippen molar-refractivity contribution in [1.29, 1.82) is 0 Å². The molecule has 3 nitrogen and oxygen atoms in total. The van der Waals surface area contributed by atoms with E-state index in [-0.39, 0.29) is 0 Å². The standard InChI is InChI=1S/C27H25NO2S/c1-19(2)24-17-23-8-5-15-28-27(23)26(18-24)22-7-4-6-21(16-22)10-9-20-11-13-25(14-12-20)31(3,29)30/h4-19H,1-3H3/b10-9+. The zero-order chi connectivity index (χ0) is 22.0. The molecule has 4 heteroatoms. The molecular weight excluding hydrogens is 402 g/mol. The molecule has 4 rings (SSSR count). The van der Waals surface area contributed by atoms with Gasteiger partial charge >= 0.3 is 0 Å².